The van der Waals surface area contributed by atoms with Crippen molar-refractivity contribution in [2.75, 3.05) is 19.6 Å². The van der Waals surface area contributed by atoms with Crippen molar-refractivity contribution in [2.24, 2.45) is 5.92 Å². The Bertz CT molecular complexity index is 1100. The van der Waals surface area contributed by atoms with Gasteiger partial charge in [0.25, 0.3) is 0 Å². The highest BCUT2D eigenvalue weighted by Gasteiger charge is 2.31. The standard InChI is InChI=1S/C21H29N3O5S/c1-15-6-5-10-22(13-15)20(25)14-23-18-9-8-17(12-19(18)29-21(23)26)30(27,28)24-11-4-3-7-16(24)2/h8-9,12,15-16H,3-7,10-11,13-14H2,1-2H3. The lowest BCUT2D eigenvalue weighted by atomic mass is 10.0. The Labute approximate surface area is 176 Å². The molecule has 9 heteroatoms. The van der Waals surface area contributed by atoms with Gasteiger partial charge in [-0.2, -0.15) is 4.31 Å². The van der Waals surface area contributed by atoms with E-state index in [4.69, 9.17) is 4.42 Å². The number of piperidine rings is 2. The van der Waals surface area contributed by atoms with E-state index in [-0.39, 0.29) is 29.0 Å². The van der Waals surface area contributed by atoms with Crippen LogP contribution in [0.2, 0.25) is 0 Å². The van der Waals surface area contributed by atoms with E-state index in [1.165, 1.54) is 21.0 Å². The van der Waals surface area contributed by atoms with Crippen molar-refractivity contribution in [2.45, 2.75) is 63.4 Å². The molecule has 3 heterocycles. The van der Waals surface area contributed by atoms with Gasteiger partial charge in [0.2, 0.25) is 15.9 Å². The lowest BCUT2D eigenvalue weighted by Crippen LogP contribution is -2.42. The number of rotatable bonds is 4. The fourth-order valence-corrected chi connectivity index (χ4v) is 6.29. The third-order valence-corrected chi connectivity index (χ3v) is 8.30. The van der Waals surface area contributed by atoms with E-state index < -0.39 is 15.8 Å². The summed E-state index contributed by atoms with van der Waals surface area (Å²) in [6.45, 7) is 5.82. The van der Waals surface area contributed by atoms with Crippen LogP contribution in [0.1, 0.15) is 46.0 Å². The first kappa shape index (κ1) is 21.1. The van der Waals surface area contributed by atoms with E-state index in [1.807, 2.05) is 6.92 Å². The van der Waals surface area contributed by atoms with Crippen molar-refractivity contribution in [3.05, 3.63) is 28.7 Å². The number of hydrogen-bond acceptors (Lipinski definition) is 5. The molecule has 2 aliphatic heterocycles. The highest BCUT2D eigenvalue weighted by molar-refractivity contribution is 7.89. The Morgan fingerprint density at radius 2 is 1.93 bits per heavy atom. The fraction of sp³-hybridized carbons (Fsp3) is 0.619. The highest BCUT2D eigenvalue weighted by atomic mass is 32.2. The molecule has 2 saturated heterocycles. The van der Waals surface area contributed by atoms with E-state index in [9.17, 15) is 18.0 Å². The van der Waals surface area contributed by atoms with Gasteiger partial charge in [-0.3, -0.25) is 9.36 Å². The summed E-state index contributed by atoms with van der Waals surface area (Å²) in [5.74, 6) is -0.319. The lowest BCUT2D eigenvalue weighted by molar-refractivity contribution is -0.133. The quantitative estimate of drug-likeness (QED) is 0.735. The molecule has 30 heavy (non-hydrogen) atoms. The molecule has 8 nitrogen and oxygen atoms in total. The van der Waals surface area contributed by atoms with Crippen LogP contribution in [0, 0.1) is 5.92 Å². The zero-order chi connectivity index (χ0) is 21.5. The maximum atomic E-state index is 13.1. The zero-order valence-corrected chi connectivity index (χ0v) is 18.4. The van der Waals surface area contributed by atoms with Crippen molar-refractivity contribution < 1.29 is 17.6 Å². The Hall–Kier alpha value is -2.13. The molecule has 1 aromatic heterocycles. The third kappa shape index (κ3) is 3.92. The van der Waals surface area contributed by atoms with Gasteiger partial charge >= 0.3 is 5.76 Å². The van der Waals surface area contributed by atoms with Gasteiger partial charge in [0.1, 0.15) is 6.54 Å². The molecule has 4 rings (SSSR count). The number of carbonyl (C=O) groups is 1. The monoisotopic (exact) mass is 435 g/mol. The van der Waals surface area contributed by atoms with Crippen LogP contribution in [0.4, 0.5) is 0 Å². The second-order valence-corrected chi connectivity index (χ2v) is 10.5. The number of amides is 1. The first-order valence-corrected chi connectivity index (χ1v) is 12.1. The van der Waals surface area contributed by atoms with Crippen molar-refractivity contribution in [3.8, 4) is 0 Å². The molecule has 0 bridgehead atoms. The number of nitrogens with zero attached hydrogens (tertiary/aromatic N) is 3. The molecule has 0 aliphatic carbocycles. The maximum Gasteiger partial charge on any atom is 0.420 e. The smallest absolute Gasteiger partial charge is 0.408 e. The summed E-state index contributed by atoms with van der Waals surface area (Å²) in [7, 11) is -3.67. The third-order valence-electron chi connectivity index (χ3n) is 6.29. The predicted molar refractivity (Wildman–Crippen MR) is 113 cm³/mol. The molecule has 0 radical (unpaired) electrons. The summed E-state index contributed by atoms with van der Waals surface area (Å²) >= 11 is 0. The first-order valence-electron chi connectivity index (χ1n) is 10.7. The van der Waals surface area contributed by atoms with E-state index in [1.54, 1.807) is 11.0 Å². The fourth-order valence-electron chi connectivity index (χ4n) is 4.57. The van der Waals surface area contributed by atoms with Crippen LogP contribution < -0.4 is 5.76 Å². The number of aromatic nitrogens is 1. The summed E-state index contributed by atoms with van der Waals surface area (Å²) in [6.07, 6.45) is 4.77. The number of oxazole rings is 1. The molecule has 2 unspecified atom stereocenters. The van der Waals surface area contributed by atoms with Gasteiger partial charge in [-0.15, -0.1) is 0 Å². The Kier molecular flexibility index (Phi) is 5.76. The minimum absolute atomic E-state index is 0.0550. The van der Waals surface area contributed by atoms with Gasteiger partial charge in [0.05, 0.1) is 10.4 Å². The molecule has 0 N–H and O–H groups in total. The van der Waals surface area contributed by atoms with Crippen molar-refractivity contribution in [1.82, 2.24) is 13.8 Å². The Morgan fingerprint density at radius 3 is 2.67 bits per heavy atom. The van der Waals surface area contributed by atoms with Gasteiger partial charge in [0, 0.05) is 31.7 Å². The largest absolute Gasteiger partial charge is 0.420 e. The topological polar surface area (TPSA) is 92.8 Å². The van der Waals surface area contributed by atoms with Crippen LogP contribution in [0.5, 0.6) is 0 Å². The number of likely N-dealkylation sites (tertiary alicyclic amines) is 1. The summed E-state index contributed by atoms with van der Waals surface area (Å²) in [5, 5.41) is 0. The predicted octanol–water partition coefficient (Wildman–Crippen LogP) is 2.42. The molecule has 2 aromatic rings. The number of sulfonamides is 1. The van der Waals surface area contributed by atoms with Gasteiger partial charge in [-0.1, -0.05) is 13.3 Å². The van der Waals surface area contributed by atoms with Crippen LogP contribution in [0.25, 0.3) is 11.1 Å². The summed E-state index contributed by atoms with van der Waals surface area (Å²) in [4.78, 5) is 27.0. The minimum atomic E-state index is -3.67. The first-order chi connectivity index (χ1) is 14.3. The lowest BCUT2D eigenvalue weighted by Gasteiger charge is -2.32. The molecule has 0 saturated carbocycles. The molecule has 1 aromatic carbocycles. The van der Waals surface area contributed by atoms with E-state index in [0.717, 1.165) is 32.1 Å². The normalized spacial score (nSPS) is 23.7. The Morgan fingerprint density at radius 1 is 1.13 bits per heavy atom. The summed E-state index contributed by atoms with van der Waals surface area (Å²) < 4.78 is 34.3. The van der Waals surface area contributed by atoms with Crippen LogP contribution in [0.15, 0.2) is 32.3 Å². The zero-order valence-electron chi connectivity index (χ0n) is 17.5. The molecule has 164 valence electrons. The number of hydrogen-bond donors (Lipinski definition) is 0. The van der Waals surface area contributed by atoms with Gasteiger partial charge < -0.3 is 9.32 Å². The number of carbonyl (C=O) groups excluding carboxylic acids is 1. The van der Waals surface area contributed by atoms with Crippen molar-refractivity contribution >= 4 is 27.0 Å². The number of benzene rings is 1. The van der Waals surface area contributed by atoms with Crippen LogP contribution >= 0.6 is 0 Å². The Balaban J connectivity index is 1.61. The molecule has 1 amide bonds. The van der Waals surface area contributed by atoms with E-state index in [2.05, 4.69) is 6.92 Å². The molecule has 2 aliphatic rings. The van der Waals surface area contributed by atoms with Crippen molar-refractivity contribution in [3.63, 3.8) is 0 Å². The molecule has 2 atom stereocenters. The SMILES string of the molecule is CC1CCCN(C(=O)Cn2c(=O)oc3cc(S(=O)(=O)N4CCCCC4C)ccc32)C1. The summed E-state index contributed by atoms with van der Waals surface area (Å²) in [5.41, 5.74) is 0.620. The van der Waals surface area contributed by atoms with Crippen LogP contribution in [-0.4, -0.2) is 53.8 Å². The second-order valence-electron chi connectivity index (χ2n) is 8.63. The van der Waals surface area contributed by atoms with Crippen LogP contribution in [0.3, 0.4) is 0 Å². The molecule has 0 spiro atoms. The molecular formula is C21H29N3O5S. The minimum Gasteiger partial charge on any atom is -0.408 e. The van der Waals surface area contributed by atoms with Gasteiger partial charge in [-0.25, -0.2) is 13.2 Å². The second kappa shape index (κ2) is 8.19. The molecule has 2 fully saturated rings. The van der Waals surface area contributed by atoms with Crippen LogP contribution in [-0.2, 0) is 21.4 Å². The average Bonchev–Trinajstić information content (AvgIpc) is 3.02. The number of fused-ring (bicyclic) bond motifs is 1. The van der Waals surface area contributed by atoms with Crippen molar-refractivity contribution in [1.29, 1.82) is 0 Å². The maximum absolute atomic E-state index is 13.1. The van der Waals surface area contributed by atoms with Gasteiger partial charge in [0.15, 0.2) is 5.58 Å². The average molecular weight is 436 g/mol. The van der Waals surface area contributed by atoms with E-state index >= 15 is 0 Å². The summed E-state index contributed by atoms with van der Waals surface area (Å²) in [6, 6.07) is 4.41. The highest BCUT2D eigenvalue weighted by Crippen LogP contribution is 2.27. The van der Waals surface area contributed by atoms with Gasteiger partial charge in [-0.05, 0) is 50.7 Å². The van der Waals surface area contributed by atoms with E-state index in [0.29, 0.717) is 31.1 Å². The molecular weight excluding hydrogens is 406 g/mol.